The Morgan fingerprint density at radius 3 is 2.53 bits per heavy atom. The minimum atomic E-state index is -0.581. The molecule has 1 fully saturated rings. The zero-order valence-electron chi connectivity index (χ0n) is 11.6. The van der Waals surface area contributed by atoms with Gasteiger partial charge in [-0.05, 0) is 24.8 Å². The summed E-state index contributed by atoms with van der Waals surface area (Å²) in [4.78, 5) is 12.2. The molecule has 2 rings (SSSR count). The molecule has 0 radical (unpaired) electrons. The number of nitriles is 1. The van der Waals surface area contributed by atoms with E-state index in [2.05, 4.69) is 6.07 Å². The summed E-state index contributed by atoms with van der Waals surface area (Å²) in [5.41, 5.74) is 1.99. The molecule has 2 heteroatoms. The van der Waals surface area contributed by atoms with Crippen LogP contribution >= 0.6 is 0 Å². The first-order chi connectivity index (χ1) is 9.20. The van der Waals surface area contributed by atoms with E-state index in [0.717, 1.165) is 17.5 Å². The van der Waals surface area contributed by atoms with Gasteiger partial charge in [-0.1, -0.05) is 55.5 Å². The molecule has 0 aromatic heterocycles. The van der Waals surface area contributed by atoms with Gasteiger partial charge in [-0.3, -0.25) is 4.79 Å². The van der Waals surface area contributed by atoms with Crippen LogP contribution in [0.5, 0.6) is 0 Å². The highest BCUT2D eigenvalue weighted by atomic mass is 16.1. The number of ketones is 1. The van der Waals surface area contributed by atoms with Gasteiger partial charge in [0, 0.05) is 6.42 Å². The average Bonchev–Trinajstić information content (AvgIpc) is 2.92. The van der Waals surface area contributed by atoms with Gasteiger partial charge in [0.2, 0.25) is 0 Å². The van der Waals surface area contributed by atoms with Crippen LogP contribution in [0.3, 0.4) is 0 Å². The van der Waals surface area contributed by atoms with Crippen LogP contribution in [-0.2, 0) is 4.79 Å². The fourth-order valence-electron chi connectivity index (χ4n) is 2.88. The highest BCUT2D eigenvalue weighted by Crippen LogP contribution is 2.29. The Morgan fingerprint density at radius 1 is 1.32 bits per heavy atom. The molecule has 0 bridgehead atoms. The first kappa shape index (κ1) is 13.8. The normalized spacial score (nSPS) is 17.1. The van der Waals surface area contributed by atoms with Crippen LogP contribution in [0.15, 0.2) is 24.3 Å². The van der Waals surface area contributed by atoms with Crippen molar-refractivity contribution >= 4 is 5.78 Å². The number of carbonyl (C=O) groups excluding carboxylic acids is 1. The van der Waals surface area contributed by atoms with Crippen LogP contribution in [0.25, 0.3) is 0 Å². The van der Waals surface area contributed by atoms with Gasteiger partial charge < -0.3 is 0 Å². The molecule has 0 aliphatic heterocycles. The van der Waals surface area contributed by atoms with E-state index in [4.69, 9.17) is 0 Å². The van der Waals surface area contributed by atoms with Crippen LogP contribution < -0.4 is 0 Å². The number of carbonyl (C=O) groups is 1. The Morgan fingerprint density at radius 2 is 1.95 bits per heavy atom. The molecule has 1 atom stereocenters. The molecule has 19 heavy (non-hydrogen) atoms. The molecule has 0 saturated heterocycles. The summed E-state index contributed by atoms with van der Waals surface area (Å²) in [6, 6.07) is 9.89. The van der Waals surface area contributed by atoms with E-state index in [1.165, 1.54) is 25.7 Å². The van der Waals surface area contributed by atoms with E-state index in [9.17, 15) is 10.1 Å². The third kappa shape index (κ3) is 3.67. The summed E-state index contributed by atoms with van der Waals surface area (Å²) in [5, 5.41) is 9.24. The maximum absolute atomic E-state index is 12.2. The Bertz CT molecular complexity index is 463. The summed E-state index contributed by atoms with van der Waals surface area (Å²) in [5.74, 6) is 0.210. The van der Waals surface area contributed by atoms with E-state index < -0.39 is 5.92 Å². The molecule has 1 aliphatic rings. The minimum Gasteiger partial charge on any atom is -0.298 e. The number of hydrogen-bond acceptors (Lipinski definition) is 2. The quantitative estimate of drug-likeness (QED) is 0.793. The summed E-state index contributed by atoms with van der Waals surface area (Å²) >= 11 is 0. The summed E-state index contributed by atoms with van der Waals surface area (Å²) in [6.07, 6.45) is 6.64. The molecule has 2 nitrogen and oxygen atoms in total. The van der Waals surface area contributed by atoms with Crippen molar-refractivity contribution in [2.45, 2.75) is 51.4 Å². The molecule has 1 saturated carbocycles. The standard InChI is InChI=1S/C17H21NO/c1-13-6-9-15(10-7-13)16(12-18)17(19)11-8-14-4-2-3-5-14/h6-7,9-10,14,16H,2-5,8,11H2,1H3. The molecule has 1 aliphatic carbocycles. The van der Waals surface area contributed by atoms with Gasteiger partial charge in [-0.25, -0.2) is 0 Å². The number of aryl methyl sites for hydroxylation is 1. The van der Waals surface area contributed by atoms with Gasteiger partial charge >= 0.3 is 0 Å². The van der Waals surface area contributed by atoms with E-state index in [1.807, 2.05) is 31.2 Å². The van der Waals surface area contributed by atoms with Gasteiger partial charge in [-0.2, -0.15) is 5.26 Å². The Kier molecular flexibility index (Phi) is 4.74. The molecule has 0 heterocycles. The van der Waals surface area contributed by atoms with E-state index in [-0.39, 0.29) is 5.78 Å². The van der Waals surface area contributed by atoms with Gasteiger partial charge in [0.15, 0.2) is 5.78 Å². The van der Waals surface area contributed by atoms with Gasteiger partial charge in [-0.15, -0.1) is 0 Å². The van der Waals surface area contributed by atoms with E-state index in [1.54, 1.807) is 0 Å². The van der Waals surface area contributed by atoms with Crippen molar-refractivity contribution in [3.63, 3.8) is 0 Å². The van der Waals surface area contributed by atoms with Crippen molar-refractivity contribution < 1.29 is 4.79 Å². The predicted molar refractivity (Wildman–Crippen MR) is 75.7 cm³/mol. The van der Waals surface area contributed by atoms with Crippen LogP contribution in [0.2, 0.25) is 0 Å². The molecule has 0 amide bonds. The van der Waals surface area contributed by atoms with E-state index >= 15 is 0 Å². The highest BCUT2D eigenvalue weighted by molar-refractivity contribution is 5.88. The lowest BCUT2D eigenvalue weighted by Gasteiger charge is -2.11. The fourth-order valence-corrected chi connectivity index (χ4v) is 2.88. The number of hydrogen-bond donors (Lipinski definition) is 0. The zero-order chi connectivity index (χ0) is 13.7. The lowest BCUT2D eigenvalue weighted by atomic mass is 9.90. The maximum atomic E-state index is 12.2. The van der Waals surface area contributed by atoms with Crippen molar-refractivity contribution in [2.75, 3.05) is 0 Å². The summed E-state index contributed by atoms with van der Waals surface area (Å²) in [6.45, 7) is 2.01. The van der Waals surface area contributed by atoms with Crippen molar-refractivity contribution in [1.29, 1.82) is 5.26 Å². The Labute approximate surface area is 115 Å². The monoisotopic (exact) mass is 255 g/mol. The highest BCUT2D eigenvalue weighted by Gasteiger charge is 2.22. The molecule has 0 spiro atoms. The van der Waals surface area contributed by atoms with Crippen molar-refractivity contribution in [1.82, 2.24) is 0 Å². The Balaban J connectivity index is 1.95. The molecule has 0 N–H and O–H groups in total. The summed E-state index contributed by atoms with van der Waals surface area (Å²) in [7, 11) is 0. The topological polar surface area (TPSA) is 40.9 Å². The predicted octanol–water partition coefficient (Wildman–Crippen LogP) is 4.14. The number of nitrogens with zero attached hydrogens (tertiary/aromatic N) is 1. The largest absolute Gasteiger partial charge is 0.298 e. The van der Waals surface area contributed by atoms with Crippen LogP contribution in [0.4, 0.5) is 0 Å². The number of benzene rings is 1. The van der Waals surface area contributed by atoms with Crippen molar-refractivity contribution in [3.05, 3.63) is 35.4 Å². The second kappa shape index (κ2) is 6.52. The average molecular weight is 255 g/mol. The lowest BCUT2D eigenvalue weighted by Crippen LogP contribution is -2.12. The second-order valence-electron chi connectivity index (χ2n) is 5.63. The maximum Gasteiger partial charge on any atom is 0.154 e. The molecular weight excluding hydrogens is 234 g/mol. The second-order valence-corrected chi connectivity index (χ2v) is 5.63. The fraction of sp³-hybridized carbons (Fsp3) is 0.529. The molecular formula is C17H21NO. The van der Waals surface area contributed by atoms with Crippen LogP contribution in [-0.4, -0.2) is 5.78 Å². The third-order valence-electron chi connectivity index (χ3n) is 4.14. The number of Topliss-reactive ketones (excluding diaryl/α,β-unsaturated/α-hetero) is 1. The minimum absolute atomic E-state index is 0.0817. The lowest BCUT2D eigenvalue weighted by molar-refractivity contribution is -0.119. The molecule has 1 aromatic carbocycles. The summed E-state index contributed by atoms with van der Waals surface area (Å²) < 4.78 is 0. The Hall–Kier alpha value is -1.62. The van der Waals surface area contributed by atoms with E-state index in [0.29, 0.717) is 12.3 Å². The first-order valence-electron chi connectivity index (χ1n) is 7.19. The number of rotatable bonds is 5. The molecule has 100 valence electrons. The third-order valence-corrected chi connectivity index (χ3v) is 4.14. The van der Waals surface area contributed by atoms with Crippen LogP contribution in [0.1, 0.15) is 55.6 Å². The molecule has 1 unspecified atom stereocenters. The first-order valence-corrected chi connectivity index (χ1v) is 7.19. The van der Waals surface area contributed by atoms with Gasteiger partial charge in [0.25, 0.3) is 0 Å². The van der Waals surface area contributed by atoms with Crippen LogP contribution in [0, 0.1) is 24.2 Å². The van der Waals surface area contributed by atoms with Gasteiger partial charge in [0.1, 0.15) is 5.92 Å². The smallest absolute Gasteiger partial charge is 0.154 e. The van der Waals surface area contributed by atoms with Crippen molar-refractivity contribution in [2.24, 2.45) is 5.92 Å². The zero-order valence-corrected chi connectivity index (χ0v) is 11.6. The van der Waals surface area contributed by atoms with Gasteiger partial charge in [0.05, 0.1) is 6.07 Å². The van der Waals surface area contributed by atoms with Crippen molar-refractivity contribution in [3.8, 4) is 6.07 Å². The SMILES string of the molecule is Cc1ccc(C(C#N)C(=O)CCC2CCCC2)cc1. The molecule has 1 aromatic rings.